The lowest BCUT2D eigenvalue weighted by molar-refractivity contribution is 0.0950. The van der Waals surface area contributed by atoms with Crippen LogP contribution < -0.4 is 15.0 Å². The van der Waals surface area contributed by atoms with Gasteiger partial charge in [0.2, 0.25) is 0 Å². The molecule has 0 aromatic heterocycles. The molecule has 0 saturated carbocycles. The Morgan fingerprint density at radius 3 is 2.69 bits per heavy atom. The molecule has 1 atom stereocenters. The molecule has 0 bridgehead atoms. The van der Waals surface area contributed by atoms with Crippen LogP contribution in [0.2, 0.25) is 5.02 Å². The average molecular weight is 449 g/mol. The van der Waals surface area contributed by atoms with Crippen LogP contribution in [-0.4, -0.2) is 19.0 Å². The summed E-state index contributed by atoms with van der Waals surface area (Å²) in [5.74, 6) is 1.26. The Balaban J connectivity index is 1.31. The van der Waals surface area contributed by atoms with Crippen molar-refractivity contribution in [2.45, 2.75) is 32.9 Å². The Labute approximate surface area is 195 Å². The number of nitrogens with zero attached hydrogens (tertiary/aromatic N) is 1. The zero-order chi connectivity index (χ0) is 22.3. The van der Waals surface area contributed by atoms with Crippen LogP contribution >= 0.6 is 11.6 Å². The highest BCUT2D eigenvalue weighted by Gasteiger charge is 2.16. The minimum atomic E-state index is -0.123. The normalized spacial score (nSPS) is 15.9. The van der Waals surface area contributed by atoms with Crippen molar-refractivity contribution in [1.82, 2.24) is 5.32 Å². The van der Waals surface area contributed by atoms with Gasteiger partial charge in [0.1, 0.15) is 12.4 Å². The number of ether oxygens (including phenoxy) is 1. The van der Waals surface area contributed by atoms with Crippen LogP contribution in [0.3, 0.4) is 0 Å². The SMILES string of the molecule is CC1CCCN(c2ccc(CNC(=O)c3cccc(OCc4ccccc4Cl)c3)cc2)C1. The summed E-state index contributed by atoms with van der Waals surface area (Å²) >= 11 is 6.19. The third-order valence-corrected chi connectivity index (χ3v) is 6.23. The van der Waals surface area contributed by atoms with E-state index in [9.17, 15) is 4.79 Å². The van der Waals surface area contributed by atoms with Crippen molar-refractivity contribution in [3.63, 3.8) is 0 Å². The maximum absolute atomic E-state index is 12.7. The molecular weight excluding hydrogens is 420 g/mol. The molecule has 1 fully saturated rings. The van der Waals surface area contributed by atoms with Crippen LogP contribution in [0.1, 0.15) is 41.3 Å². The summed E-state index contributed by atoms with van der Waals surface area (Å²) in [6.45, 7) is 5.39. The number of piperidine rings is 1. The van der Waals surface area contributed by atoms with E-state index in [0.717, 1.165) is 30.1 Å². The minimum Gasteiger partial charge on any atom is -0.489 e. The van der Waals surface area contributed by atoms with Crippen molar-refractivity contribution in [1.29, 1.82) is 0 Å². The predicted molar refractivity (Wildman–Crippen MR) is 130 cm³/mol. The van der Waals surface area contributed by atoms with E-state index in [4.69, 9.17) is 16.3 Å². The summed E-state index contributed by atoms with van der Waals surface area (Å²) in [4.78, 5) is 15.1. The molecule has 4 nitrogen and oxygen atoms in total. The molecule has 1 amide bonds. The Kier molecular flexibility index (Phi) is 7.33. The molecule has 3 aromatic rings. The minimum absolute atomic E-state index is 0.123. The molecule has 5 heteroatoms. The Hall–Kier alpha value is -2.98. The van der Waals surface area contributed by atoms with Crippen molar-refractivity contribution in [3.05, 3.63) is 94.5 Å². The van der Waals surface area contributed by atoms with Gasteiger partial charge in [0, 0.05) is 41.5 Å². The van der Waals surface area contributed by atoms with Crippen LogP contribution in [0.15, 0.2) is 72.8 Å². The Morgan fingerprint density at radius 1 is 1.09 bits per heavy atom. The van der Waals surface area contributed by atoms with Crippen molar-refractivity contribution in [2.24, 2.45) is 5.92 Å². The highest BCUT2D eigenvalue weighted by molar-refractivity contribution is 6.31. The summed E-state index contributed by atoms with van der Waals surface area (Å²) in [6, 6.07) is 23.3. The first-order chi connectivity index (χ1) is 15.6. The van der Waals surface area contributed by atoms with E-state index in [1.54, 1.807) is 12.1 Å². The number of carbonyl (C=O) groups is 1. The monoisotopic (exact) mass is 448 g/mol. The molecule has 0 aliphatic carbocycles. The van der Waals surface area contributed by atoms with E-state index >= 15 is 0 Å². The number of nitrogens with one attached hydrogen (secondary N) is 1. The summed E-state index contributed by atoms with van der Waals surface area (Å²) in [6.07, 6.45) is 2.56. The first-order valence-corrected chi connectivity index (χ1v) is 11.5. The standard InChI is InChI=1S/C27H29ClN2O2/c1-20-6-5-15-30(18-20)24-13-11-21(12-14-24)17-29-27(31)22-8-4-9-25(16-22)32-19-23-7-2-3-10-26(23)28/h2-4,7-14,16,20H,5-6,15,17-19H2,1H3,(H,29,31). The molecule has 1 saturated heterocycles. The van der Waals surface area contributed by atoms with E-state index in [2.05, 4.69) is 41.4 Å². The predicted octanol–water partition coefficient (Wildman–Crippen LogP) is 6.09. The number of hydrogen-bond donors (Lipinski definition) is 1. The van der Waals surface area contributed by atoms with Gasteiger partial charge in [0.25, 0.3) is 5.91 Å². The number of hydrogen-bond acceptors (Lipinski definition) is 3. The van der Waals surface area contributed by atoms with Gasteiger partial charge in [0.05, 0.1) is 0 Å². The maximum atomic E-state index is 12.7. The number of halogens is 1. The third-order valence-electron chi connectivity index (χ3n) is 5.86. The molecule has 1 heterocycles. The fourth-order valence-electron chi connectivity index (χ4n) is 4.04. The van der Waals surface area contributed by atoms with Gasteiger partial charge in [-0.15, -0.1) is 0 Å². The smallest absolute Gasteiger partial charge is 0.251 e. The van der Waals surface area contributed by atoms with Crippen LogP contribution in [0, 0.1) is 5.92 Å². The molecule has 1 unspecified atom stereocenters. The molecule has 166 valence electrons. The van der Waals surface area contributed by atoms with Gasteiger partial charge in [-0.25, -0.2) is 0 Å². The number of benzene rings is 3. The largest absolute Gasteiger partial charge is 0.489 e. The summed E-state index contributed by atoms with van der Waals surface area (Å²) in [7, 11) is 0. The molecule has 1 aliphatic heterocycles. The van der Waals surface area contributed by atoms with Crippen molar-refractivity contribution >= 4 is 23.2 Å². The molecule has 3 aromatic carbocycles. The molecule has 0 spiro atoms. The average Bonchev–Trinajstić information content (AvgIpc) is 2.82. The van der Waals surface area contributed by atoms with E-state index in [1.807, 2.05) is 36.4 Å². The van der Waals surface area contributed by atoms with Gasteiger partial charge in [0.15, 0.2) is 0 Å². The quantitative estimate of drug-likeness (QED) is 0.475. The summed E-state index contributed by atoms with van der Waals surface area (Å²) in [5, 5.41) is 3.67. The lowest BCUT2D eigenvalue weighted by Crippen LogP contribution is -2.34. The van der Waals surface area contributed by atoms with E-state index in [1.165, 1.54) is 18.5 Å². The lowest BCUT2D eigenvalue weighted by atomic mass is 9.99. The van der Waals surface area contributed by atoms with Crippen LogP contribution in [0.5, 0.6) is 5.75 Å². The molecule has 0 radical (unpaired) electrons. The second-order valence-corrected chi connectivity index (χ2v) is 8.86. The number of rotatable bonds is 7. The second-order valence-electron chi connectivity index (χ2n) is 8.45. The van der Waals surface area contributed by atoms with Gasteiger partial charge in [-0.3, -0.25) is 4.79 Å². The van der Waals surface area contributed by atoms with E-state index < -0.39 is 0 Å². The fraction of sp³-hybridized carbons (Fsp3) is 0.296. The second kappa shape index (κ2) is 10.6. The van der Waals surface area contributed by atoms with Gasteiger partial charge in [-0.1, -0.05) is 54.9 Å². The number of carbonyl (C=O) groups excluding carboxylic acids is 1. The zero-order valence-electron chi connectivity index (χ0n) is 18.4. The topological polar surface area (TPSA) is 41.6 Å². The zero-order valence-corrected chi connectivity index (χ0v) is 19.1. The van der Waals surface area contributed by atoms with Gasteiger partial charge < -0.3 is 15.0 Å². The Morgan fingerprint density at radius 2 is 1.91 bits per heavy atom. The van der Waals surface area contributed by atoms with Gasteiger partial charge in [-0.05, 0) is 60.7 Å². The summed E-state index contributed by atoms with van der Waals surface area (Å²) < 4.78 is 5.84. The maximum Gasteiger partial charge on any atom is 0.251 e. The van der Waals surface area contributed by atoms with Crippen molar-refractivity contribution < 1.29 is 9.53 Å². The van der Waals surface area contributed by atoms with Crippen molar-refractivity contribution in [3.8, 4) is 5.75 Å². The van der Waals surface area contributed by atoms with Crippen molar-refractivity contribution in [2.75, 3.05) is 18.0 Å². The van der Waals surface area contributed by atoms with Crippen LogP contribution in [0.4, 0.5) is 5.69 Å². The molecule has 32 heavy (non-hydrogen) atoms. The number of amides is 1. The van der Waals surface area contributed by atoms with Crippen LogP contribution in [0.25, 0.3) is 0 Å². The van der Waals surface area contributed by atoms with E-state index in [-0.39, 0.29) is 5.91 Å². The lowest BCUT2D eigenvalue weighted by Gasteiger charge is -2.32. The molecule has 1 N–H and O–H groups in total. The number of anilines is 1. The van der Waals surface area contributed by atoms with Gasteiger partial charge in [-0.2, -0.15) is 0 Å². The first kappa shape index (κ1) is 22.2. The third kappa shape index (κ3) is 5.83. The highest BCUT2D eigenvalue weighted by Crippen LogP contribution is 2.23. The van der Waals surface area contributed by atoms with Gasteiger partial charge >= 0.3 is 0 Å². The van der Waals surface area contributed by atoms with E-state index in [0.29, 0.717) is 29.5 Å². The molecular formula is C27H29ClN2O2. The summed E-state index contributed by atoms with van der Waals surface area (Å²) in [5.41, 5.74) is 3.82. The molecule has 1 aliphatic rings. The first-order valence-electron chi connectivity index (χ1n) is 11.2. The van der Waals surface area contributed by atoms with Crippen LogP contribution in [-0.2, 0) is 13.2 Å². The molecule has 4 rings (SSSR count). The Bertz CT molecular complexity index is 1050. The highest BCUT2D eigenvalue weighted by atomic mass is 35.5. The fourth-order valence-corrected chi connectivity index (χ4v) is 4.23.